The minimum Gasteiger partial charge on any atom is -0.462 e. The molecule has 1 aromatic heterocycles. The number of nitrogens with one attached hydrogen (secondary N) is 1. The summed E-state index contributed by atoms with van der Waals surface area (Å²) in [4.78, 5) is 42.2. The van der Waals surface area contributed by atoms with E-state index in [0.29, 0.717) is 10.6 Å². The topological polar surface area (TPSA) is 79.0 Å². The van der Waals surface area contributed by atoms with E-state index in [0.717, 1.165) is 63.0 Å². The van der Waals surface area contributed by atoms with Crippen molar-refractivity contribution in [2.75, 3.05) is 44.6 Å². The highest BCUT2D eigenvalue weighted by Crippen LogP contribution is 2.36. The molecule has 4 rings (SSSR count). The SMILES string of the molecule is CCOC(=O)c1c(-c2ccccc2)csc1NC(=O)CN1CCC(C(=O)N2CCCC2)CC1. The van der Waals surface area contributed by atoms with Gasteiger partial charge in [0.1, 0.15) is 10.6 Å². The fourth-order valence-corrected chi connectivity index (χ4v) is 5.56. The predicted octanol–water partition coefficient (Wildman–Crippen LogP) is 3.86. The van der Waals surface area contributed by atoms with Crippen molar-refractivity contribution in [1.29, 1.82) is 0 Å². The smallest absolute Gasteiger partial charge is 0.341 e. The third-order valence-electron chi connectivity index (χ3n) is 6.33. The Balaban J connectivity index is 1.37. The van der Waals surface area contributed by atoms with Crippen molar-refractivity contribution in [3.63, 3.8) is 0 Å². The molecule has 2 fully saturated rings. The molecular weight excluding hydrogens is 438 g/mol. The number of esters is 1. The Labute approximate surface area is 198 Å². The average molecular weight is 470 g/mol. The molecule has 0 aliphatic carbocycles. The van der Waals surface area contributed by atoms with Crippen LogP contribution in [0.25, 0.3) is 11.1 Å². The largest absolute Gasteiger partial charge is 0.462 e. The highest BCUT2D eigenvalue weighted by atomic mass is 32.1. The number of piperidine rings is 1. The van der Waals surface area contributed by atoms with Crippen LogP contribution >= 0.6 is 11.3 Å². The van der Waals surface area contributed by atoms with E-state index in [1.807, 2.05) is 40.6 Å². The summed E-state index contributed by atoms with van der Waals surface area (Å²) in [6.07, 6.45) is 3.78. The maximum atomic E-state index is 12.8. The second kappa shape index (κ2) is 10.9. The number of carbonyl (C=O) groups is 3. The molecule has 0 spiro atoms. The second-order valence-corrected chi connectivity index (χ2v) is 9.45. The molecule has 0 atom stereocenters. The molecule has 0 bridgehead atoms. The fourth-order valence-electron chi connectivity index (χ4n) is 4.59. The van der Waals surface area contributed by atoms with Crippen molar-refractivity contribution >= 4 is 34.1 Å². The van der Waals surface area contributed by atoms with Crippen LogP contribution in [0.15, 0.2) is 35.7 Å². The van der Waals surface area contributed by atoms with Crippen LogP contribution in [0.3, 0.4) is 0 Å². The molecule has 0 unspecified atom stereocenters. The minimum atomic E-state index is -0.436. The number of nitrogens with zero attached hydrogens (tertiary/aromatic N) is 2. The first-order valence-electron chi connectivity index (χ1n) is 11.7. The number of amides is 2. The summed E-state index contributed by atoms with van der Waals surface area (Å²) in [5.41, 5.74) is 2.06. The van der Waals surface area contributed by atoms with Crippen LogP contribution in [0.4, 0.5) is 5.00 Å². The number of benzene rings is 1. The van der Waals surface area contributed by atoms with Gasteiger partial charge in [0, 0.05) is 30.0 Å². The van der Waals surface area contributed by atoms with Crippen LogP contribution in [0.5, 0.6) is 0 Å². The first-order valence-corrected chi connectivity index (χ1v) is 12.6. The summed E-state index contributed by atoms with van der Waals surface area (Å²) in [7, 11) is 0. The van der Waals surface area contributed by atoms with Crippen LogP contribution in [0, 0.1) is 5.92 Å². The van der Waals surface area contributed by atoms with Gasteiger partial charge in [-0.3, -0.25) is 14.5 Å². The first kappa shape index (κ1) is 23.4. The highest BCUT2D eigenvalue weighted by molar-refractivity contribution is 7.15. The van der Waals surface area contributed by atoms with Gasteiger partial charge in [0.25, 0.3) is 0 Å². The Morgan fingerprint density at radius 1 is 1.06 bits per heavy atom. The maximum Gasteiger partial charge on any atom is 0.341 e. The van der Waals surface area contributed by atoms with E-state index < -0.39 is 5.97 Å². The minimum absolute atomic E-state index is 0.0727. The van der Waals surface area contributed by atoms with Crippen molar-refractivity contribution in [3.05, 3.63) is 41.3 Å². The van der Waals surface area contributed by atoms with E-state index in [4.69, 9.17) is 4.74 Å². The summed E-state index contributed by atoms with van der Waals surface area (Å²) in [5.74, 6) is -0.244. The van der Waals surface area contributed by atoms with E-state index in [1.165, 1.54) is 11.3 Å². The molecular formula is C25H31N3O4S. The normalized spacial score (nSPS) is 17.2. The zero-order chi connectivity index (χ0) is 23.2. The van der Waals surface area contributed by atoms with E-state index >= 15 is 0 Å². The number of hydrogen-bond acceptors (Lipinski definition) is 6. The summed E-state index contributed by atoms with van der Waals surface area (Å²) in [6, 6.07) is 9.62. The monoisotopic (exact) mass is 469 g/mol. The average Bonchev–Trinajstić information content (AvgIpc) is 3.50. The zero-order valence-electron chi connectivity index (χ0n) is 19.0. The third kappa shape index (κ3) is 5.62. The van der Waals surface area contributed by atoms with E-state index in [1.54, 1.807) is 6.92 Å². The van der Waals surface area contributed by atoms with Crippen molar-refractivity contribution in [2.24, 2.45) is 5.92 Å². The third-order valence-corrected chi connectivity index (χ3v) is 7.23. The Morgan fingerprint density at radius 3 is 2.42 bits per heavy atom. The van der Waals surface area contributed by atoms with E-state index in [9.17, 15) is 14.4 Å². The van der Waals surface area contributed by atoms with Crippen molar-refractivity contribution < 1.29 is 19.1 Å². The van der Waals surface area contributed by atoms with Gasteiger partial charge in [0.2, 0.25) is 11.8 Å². The van der Waals surface area contributed by atoms with Gasteiger partial charge in [-0.2, -0.15) is 0 Å². The highest BCUT2D eigenvalue weighted by Gasteiger charge is 2.30. The van der Waals surface area contributed by atoms with Crippen LogP contribution < -0.4 is 5.32 Å². The molecule has 3 heterocycles. The number of ether oxygens (including phenoxy) is 1. The maximum absolute atomic E-state index is 12.8. The number of thiophene rings is 1. The summed E-state index contributed by atoms with van der Waals surface area (Å²) in [5, 5.41) is 5.32. The van der Waals surface area contributed by atoms with Crippen LogP contribution in [0.2, 0.25) is 0 Å². The van der Waals surface area contributed by atoms with Gasteiger partial charge in [-0.25, -0.2) is 4.79 Å². The molecule has 176 valence electrons. The molecule has 2 amide bonds. The summed E-state index contributed by atoms with van der Waals surface area (Å²) >= 11 is 1.33. The quantitative estimate of drug-likeness (QED) is 0.623. The van der Waals surface area contributed by atoms with Crippen molar-refractivity contribution in [1.82, 2.24) is 9.80 Å². The predicted molar refractivity (Wildman–Crippen MR) is 129 cm³/mol. The Morgan fingerprint density at radius 2 is 1.76 bits per heavy atom. The van der Waals surface area contributed by atoms with Gasteiger partial charge in [-0.15, -0.1) is 11.3 Å². The molecule has 0 saturated carbocycles. The van der Waals surface area contributed by atoms with E-state index in [2.05, 4.69) is 10.2 Å². The van der Waals surface area contributed by atoms with Gasteiger partial charge in [0.15, 0.2) is 0 Å². The second-order valence-electron chi connectivity index (χ2n) is 8.57. The molecule has 7 nitrogen and oxygen atoms in total. The molecule has 2 saturated heterocycles. The molecule has 8 heteroatoms. The van der Waals surface area contributed by atoms with Gasteiger partial charge in [-0.05, 0) is 51.3 Å². The summed E-state index contributed by atoms with van der Waals surface area (Å²) in [6.45, 7) is 5.49. The van der Waals surface area contributed by atoms with Gasteiger partial charge < -0.3 is 15.0 Å². The van der Waals surface area contributed by atoms with Crippen molar-refractivity contribution in [3.8, 4) is 11.1 Å². The fraction of sp³-hybridized carbons (Fsp3) is 0.480. The summed E-state index contributed by atoms with van der Waals surface area (Å²) < 4.78 is 5.27. The molecule has 2 aliphatic rings. The Hall–Kier alpha value is -2.71. The van der Waals surface area contributed by atoms with E-state index in [-0.39, 0.29) is 30.9 Å². The lowest BCUT2D eigenvalue weighted by Crippen LogP contribution is -2.43. The number of likely N-dealkylation sites (tertiary alicyclic amines) is 2. The zero-order valence-corrected chi connectivity index (χ0v) is 19.9. The first-order chi connectivity index (χ1) is 16.1. The number of carbonyl (C=O) groups excluding carboxylic acids is 3. The van der Waals surface area contributed by atoms with Gasteiger partial charge in [0.05, 0.1) is 13.2 Å². The van der Waals surface area contributed by atoms with Crippen LogP contribution in [-0.2, 0) is 14.3 Å². The number of anilines is 1. The van der Waals surface area contributed by atoms with Crippen molar-refractivity contribution in [2.45, 2.75) is 32.6 Å². The number of hydrogen-bond donors (Lipinski definition) is 1. The molecule has 1 N–H and O–H groups in total. The van der Waals surface area contributed by atoms with Crippen LogP contribution in [0.1, 0.15) is 43.0 Å². The Bertz CT molecular complexity index is 977. The van der Waals surface area contributed by atoms with Gasteiger partial charge in [-0.1, -0.05) is 30.3 Å². The van der Waals surface area contributed by atoms with Gasteiger partial charge >= 0.3 is 5.97 Å². The molecule has 0 radical (unpaired) electrons. The molecule has 2 aliphatic heterocycles. The Kier molecular flexibility index (Phi) is 7.77. The molecule has 33 heavy (non-hydrogen) atoms. The molecule has 1 aromatic carbocycles. The lowest BCUT2D eigenvalue weighted by atomic mass is 9.95. The standard InChI is InChI=1S/C25H31N3O4S/c1-2-32-25(31)22-20(18-8-4-3-5-9-18)17-33-23(22)26-21(29)16-27-14-10-19(11-15-27)24(30)28-12-6-7-13-28/h3-5,8-9,17,19H,2,6-7,10-16H2,1H3,(H,26,29). The molecule has 2 aromatic rings. The van der Waals surface area contributed by atoms with Crippen LogP contribution in [-0.4, -0.2) is 66.9 Å². The number of rotatable bonds is 7. The lowest BCUT2D eigenvalue weighted by molar-refractivity contribution is -0.136. The lowest BCUT2D eigenvalue weighted by Gasteiger charge is -2.32.